The van der Waals surface area contributed by atoms with Gasteiger partial charge in [-0.15, -0.1) is 0 Å². The number of fused-ring (bicyclic) bond motifs is 1. The molecule has 1 aromatic rings. The number of esters is 1. The predicted molar refractivity (Wildman–Crippen MR) is 64.8 cm³/mol. The summed E-state index contributed by atoms with van der Waals surface area (Å²) in [7, 11) is 0. The molecule has 0 saturated heterocycles. The van der Waals surface area contributed by atoms with E-state index < -0.39 is 0 Å². The summed E-state index contributed by atoms with van der Waals surface area (Å²) in [4.78, 5) is 11.4. The average molecular weight is 235 g/mol. The van der Waals surface area contributed by atoms with Crippen molar-refractivity contribution in [2.24, 2.45) is 5.92 Å². The summed E-state index contributed by atoms with van der Waals surface area (Å²) in [6, 6.07) is 5.61. The second-order valence-corrected chi connectivity index (χ2v) is 4.26. The Hall–Kier alpha value is -1.71. The van der Waals surface area contributed by atoms with E-state index in [0.717, 1.165) is 23.4 Å². The molecule has 1 aromatic carbocycles. The zero-order chi connectivity index (χ0) is 12.3. The molecule has 92 valence electrons. The van der Waals surface area contributed by atoms with Crippen LogP contribution >= 0.6 is 0 Å². The molecule has 4 heteroatoms. The Balaban J connectivity index is 2.00. The minimum Gasteiger partial charge on any atom is -0.493 e. The number of hydrogen-bond acceptors (Lipinski definition) is 4. The molecular formula is C13H17NO3. The topological polar surface area (TPSA) is 61.5 Å². The molecule has 4 nitrogen and oxygen atoms in total. The summed E-state index contributed by atoms with van der Waals surface area (Å²) in [5.74, 6) is 0.899. The lowest BCUT2D eigenvalue weighted by Gasteiger charge is -2.24. The molecule has 0 bridgehead atoms. The van der Waals surface area contributed by atoms with Crippen molar-refractivity contribution in [1.29, 1.82) is 0 Å². The molecule has 0 amide bonds. The van der Waals surface area contributed by atoms with E-state index in [1.807, 2.05) is 25.1 Å². The van der Waals surface area contributed by atoms with E-state index >= 15 is 0 Å². The third kappa shape index (κ3) is 2.90. The molecule has 1 aliphatic heterocycles. The quantitative estimate of drug-likeness (QED) is 0.640. The van der Waals surface area contributed by atoms with Gasteiger partial charge in [-0.3, -0.25) is 4.79 Å². The molecule has 0 fully saturated rings. The van der Waals surface area contributed by atoms with Crippen molar-refractivity contribution in [3.63, 3.8) is 0 Å². The minimum atomic E-state index is -0.159. The highest BCUT2D eigenvalue weighted by atomic mass is 16.5. The Labute approximate surface area is 101 Å². The molecule has 1 atom stereocenters. The van der Waals surface area contributed by atoms with Crippen LogP contribution in [0, 0.1) is 5.92 Å². The van der Waals surface area contributed by atoms with Crippen LogP contribution in [-0.2, 0) is 16.0 Å². The highest BCUT2D eigenvalue weighted by molar-refractivity contribution is 5.69. The van der Waals surface area contributed by atoms with Crippen LogP contribution in [0.15, 0.2) is 18.2 Å². The van der Waals surface area contributed by atoms with Crippen LogP contribution in [0.5, 0.6) is 5.75 Å². The van der Waals surface area contributed by atoms with Gasteiger partial charge in [-0.25, -0.2) is 0 Å². The van der Waals surface area contributed by atoms with E-state index in [0.29, 0.717) is 19.6 Å². The van der Waals surface area contributed by atoms with Crippen molar-refractivity contribution >= 4 is 11.7 Å². The number of nitrogen functional groups attached to an aromatic ring is 1. The number of benzene rings is 1. The van der Waals surface area contributed by atoms with Crippen molar-refractivity contribution in [2.45, 2.75) is 19.8 Å². The fraction of sp³-hybridized carbons (Fsp3) is 0.462. The maximum atomic E-state index is 11.4. The zero-order valence-electron chi connectivity index (χ0n) is 9.94. The predicted octanol–water partition coefficient (Wildman–Crippen LogP) is 1.77. The van der Waals surface area contributed by atoms with Crippen LogP contribution in [0.3, 0.4) is 0 Å². The fourth-order valence-corrected chi connectivity index (χ4v) is 2.06. The van der Waals surface area contributed by atoms with E-state index in [4.69, 9.17) is 15.2 Å². The van der Waals surface area contributed by atoms with Gasteiger partial charge >= 0.3 is 5.97 Å². The van der Waals surface area contributed by atoms with Crippen molar-refractivity contribution in [1.82, 2.24) is 0 Å². The second-order valence-electron chi connectivity index (χ2n) is 4.26. The van der Waals surface area contributed by atoms with Crippen LogP contribution in [0.4, 0.5) is 5.69 Å². The van der Waals surface area contributed by atoms with Crippen molar-refractivity contribution in [2.75, 3.05) is 18.9 Å². The summed E-state index contributed by atoms with van der Waals surface area (Å²) < 4.78 is 10.5. The van der Waals surface area contributed by atoms with Crippen molar-refractivity contribution < 1.29 is 14.3 Å². The van der Waals surface area contributed by atoms with Gasteiger partial charge in [0.05, 0.1) is 19.6 Å². The number of rotatable bonds is 3. The van der Waals surface area contributed by atoms with Gasteiger partial charge in [-0.05, 0) is 37.1 Å². The molecule has 2 rings (SSSR count). The van der Waals surface area contributed by atoms with Crippen LogP contribution in [0.2, 0.25) is 0 Å². The van der Waals surface area contributed by atoms with Crippen LogP contribution in [0.25, 0.3) is 0 Å². The van der Waals surface area contributed by atoms with Gasteiger partial charge in [0.1, 0.15) is 5.75 Å². The number of carbonyl (C=O) groups excluding carboxylic acids is 1. The highest BCUT2D eigenvalue weighted by Crippen LogP contribution is 2.30. The SMILES string of the molecule is CCOC(=O)C[C@H]1COc2ccc(N)cc2C1. The molecule has 2 N–H and O–H groups in total. The minimum absolute atomic E-state index is 0.159. The van der Waals surface area contributed by atoms with Gasteiger partial charge in [0.25, 0.3) is 0 Å². The fourth-order valence-electron chi connectivity index (χ4n) is 2.06. The summed E-state index contributed by atoms with van der Waals surface area (Å²) in [6.07, 6.45) is 1.22. The first-order chi connectivity index (χ1) is 8.19. The number of anilines is 1. The number of carbonyl (C=O) groups is 1. The Morgan fingerprint density at radius 2 is 2.41 bits per heavy atom. The molecule has 1 aliphatic rings. The molecule has 1 heterocycles. The van der Waals surface area contributed by atoms with E-state index in [2.05, 4.69) is 0 Å². The largest absolute Gasteiger partial charge is 0.493 e. The first kappa shape index (κ1) is 11.8. The van der Waals surface area contributed by atoms with Crippen LogP contribution < -0.4 is 10.5 Å². The second kappa shape index (κ2) is 5.08. The summed E-state index contributed by atoms with van der Waals surface area (Å²) in [5.41, 5.74) is 7.53. The van der Waals surface area contributed by atoms with Gasteiger partial charge in [0.15, 0.2) is 0 Å². The molecule has 0 aliphatic carbocycles. The molecule has 0 radical (unpaired) electrons. The Kier molecular flexibility index (Phi) is 3.52. The molecule has 0 saturated carbocycles. The van der Waals surface area contributed by atoms with E-state index in [-0.39, 0.29) is 11.9 Å². The van der Waals surface area contributed by atoms with Gasteiger partial charge in [-0.1, -0.05) is 0 Å². The Morgan fingerprint density at radius 1 is 1.59 bits per heavy atom. The molecular weight excluding hydrogens is 218 g/mol. The lowest BCUT2D eigenvalue weighted by Crippen LogP contribution is -2.24. The smallest absolute Gasteiger partial charge is 0.306 e. The first-order valence-corrected chi connectivity index (χ1v) is 5.86. The van der Waals surface area contributed by atoms with Gasteiger partial charge in [0.2, 0.25) is 0 Å². The Bertz CT molecular complexity index is 417. The van der Waals surface area contributed by atoms with E-state index in [1.54, 1.807) is 0 Å². The normalized spacial score (nSPS) is 18.1. The standard InChI is InChI=1S/C13H17NO3/c1-2-16-13(15)6-9-5-10-7-11(14)3-4-12(10)17-8-9/h3-4,7,9H,2,5-6,8,14H2,1H3/t9-/m0/s1. The average Bonchev–Trinajstić information content (AvgIpc) is 2.28. The molecule has 0 spiro atoms. The molecule has 17 heavy (non-hydrogen) atoms. The molecule has 0 aromatic heterocycles. The van der Waals surface area contributed by atoms with E-state index in [1.165, 1.54) is 0 Å². The lowest BCUT2D eigenvalue weighted by atomic mass is 9.94. The van der Waals surface area contributed by atoms with Gasteiger partial charge in [0, 0.05) is 11.6 Å². The van der Waals surface area contributed by atoms with Crippen molar-refractivity contribution in [3.05, 3.63) is 23.8 Å². The summed E-state index contributed by atoms with van der Waals surface area (Å²) in [6.45, 7) is 2.80. The Morgan fingerprint density at radius 3 is 3.18 bits per heavy atom. The lowest BCUT2D eigenvalue weighted by molar-refractivity contribution is -0.144. The first-order valence-electron chi connectivity index (χ1n) is 5.86. The summed E-state index contributed by atoms with van der Waals surface area (Å²) >= 11 is 0. The molecule has 0 unspecified atom stereocenters. The summed E-state index contributed by atoms with van der Waals surface area (Å²) in [5, 5.41) is 0. The highest BCUT2D eigenvalue weighted by Gasteiger charge is 2.22. The maximum absolute atomic E-state index is 11.4. The van der Waals surface area contributed by atoms with Crippen molar-refractivity contribution in [3.8, 4) is 5.75 Å². The zero-order valence-corrected chi connectivity index (χ0v) is 9.94. The number of nitrogens with two attached hydrogens (primary N) is 1. The number of ether oxygens (including phenoxy) is 2. The third-order valence-corrected chi connectivity index (χ3v) is 2.83. The number of hydrogen-bond donors (Lipinski definition) is 1. The van der Waals surface area contributed by atoms with Gasteiger partial charge < -0.3 is 15.2 Å². The third-order valence-electron chi connectivity index (χ3n) is 2.83. The van der Waals surface area contributed by atoms with Crippen LogP contribution in [0.1, 0.15) is 18.9 Å². The van der Waals surface area contributed by atoms with Gasteiger partial charge in [-0.2, -0.15) is 0 Å². The van der Waals surface area contributed by atoms with Crippen LogP contribution in [-0.4, -0.2) is 19.2 Å². The maximum Gasteiger partial charge on any atom is 0.306 e. The van der Waals surface area contributed by atoms with E-state index in [9.17, 15) is 4.79 Å². The monoisotopic (exact) mass is 235 g/mol.